The third kappa shape index (κ3) is 4.76. The van der Waals surface area contributed by atoms with Crippen LogP contribution in [-0.2, 0) is 20.6 Å². The van der Waals surface area contributed by atoms with Crippen molar-refractivity contribution in [2.75, 3.05) is 29.9 Å². The number of nitrogens with zero attached hydrogens (tertiary/aromatic N) is 1. The number of amides is 1. The number of ether oxygens (including phenoxy) is 2. The largest absolute Gasteiger partial charge is 0.497 e. The van der Waals surface area contributed by atoms with Gasteiger partial charge in [-0.15, -0.1) is 6.58 Å². The van der Waals surface area contributed by atoms with E-state index in [2.05, 4.69) is 11.3 Å². The highest BCUT2D eigenvalue weighted by atomic mass is 32.2. The summed E-state index contributed by atoms with van der Waals surface area (Å²) in [6, 6.07) is 11.8. The second-order valence-electron chi connectivity index (χ2n) is 7.77. The monoisotopic (exact) mass is 430 g/mol. The number of carbonyl (C=O) groups is 1. The molecule has 0 radical (unpaired) electrons. The quantitative estimate of drug-likeness (QED) is 0.679. The van der Waals surface area contributed by atoms with Gasteiger partial charge in [0.15, 0.2) is 0 Å². The topological polar surface area (TPSA) is 84.9 Å². The van der Waals surface area contributed by atoms with E-state index in [1.807, 2.05) is 13.8 Å². The second kappa shape index (κ2) is 8.39. The first-order valence-corrected chi connectivity index (χ1v) is 11.1. The van der Waals surface area contributed by atoms with Gasteiger partial charge in [0.2, 0.25) is 15.9 Å². The fraction of sp³-hybridized carbons (Fsp3) is 0.318. The number of methoxy groups -OCH3 is 1. The molecule has 7 nitrogen and oxygen atoms in total. The fourth-order valence-electron chi connectivity index (χ4n) is 3.18. The maximum Gasteiger partial charge on any atom is 0.236 e. The van der Waals surface area contributed by atoms with E-state index >= 15 is 0 Å². The lowest BCUT2D eigenvalue weighted by Crippen LogP contribution is -2.42. The number of carbonyl (C=O) groups excluding carboxylic acids is 1. The minimum Gasteiger partial charge on any atom is -0.497 e. The summed E-state index contributed by atoms with van der Waals surface area (Å²) in [5.41, 5.74) is 0.881. The molecule has 0 atom stereocenters. The summed E-state index contributed by atoms with van der Waals surface area (Å²) >= 11 is 0. The Morgan fingerprint density at radius 1 is 1.23 bits per heavy atom. The molecule has 1 N–H and O–H groups in total. The third-order valence-electron chi connectivity index (χ3n) is 4.76. The molecule has 0 saturated carbocycles. The van der Waals surface area contributed by atoms with E-state index in [0.29, 0.717) is 35.0 Å². The van der Waals surface area contributed by atoms with E-state index in [0.717, 1.165) is 0 Å². The van der Waals surface area contributed by atoms with Crippen LogP contribution in [0.3, 0.4) is 0 Å². The molecular weight excluding hydrogens is 404 g/mol. The van der Waals surface area contributed by atoms with Crippen LogP contribution in [0.4, 0.5) is 11.4 Å². The van der Waals surface area contributed by atoms with Gasteiger partial charge in [0.1, 0.15) is 18.1 Å². The molecule has 0 aromatic heterocycles. The Balaban J connectivity index is 1.84. The van der Waals surface area contributed by atoms with Crippen LogP contribution in [0.25, 0.3) is 0 Å². The highest BCUT2D eigenvalue weighted by molar-refractivity contribution is 7.91. The molecule has 0 fully saturated rings. The average molecular weight is 431 g/mol. The van der Waals surface area contributed by atoms with Crippen molar-refractivity contribution in [3.05, 3.63) is 60.7 Å². The maximum absolute atomic E-state index is 12.9. The number of hydrogen-bond donors (Lipinski definition) is 1. The highest BCUT2D eigenvalue weighted by Gasteiger charge is 2.37. The van der Waals surface area contributed by atoms with Gasteiger partial charge in [0, 0.05) is 12.6 Å². The van der Waals surface area contributed by atoms with Crippen molar-refractivity contribution in [3.8, 4) is 11.5 Å². The minimum absolute atomic E-state index is 0.0750. The highest BCUT2D eigenvalue weighted by Crippen LogP contribution is 2.38. The van der Waals surface area contributed by atoms with E-state index in [1.165, 1.54) is 0 Å². The molecule has 8 heteroatoms. The van der Waals surface area contributed by atoms with Crippen molar-refractivity contribution in [2.24, 2.45) is 5.41 Å². The lowest BCUT2D eigenvalue weighted by molar-refractivity contribution is -0.127. The zero-order chi connectivity index (χ0) is 21.9. The van der Waals surface area contributed by atoms with E-state index in [9.17, 15) is 13.2 Å². The molecular formula is C22H26N2O5S. The van der Waals surface area contributed by atoms with Crippen molar-refractivity contribution >= 4 is 27.3 Å². The smallest absolute Gasteiger partial charge is 0.236 e. The van der Waals surface area contributed by atoms with Gasteiger partial charge in [-0.2, -0.15) is 0 Å². The van der Waals surface area contributed by atoms with Gasteiger partial charge in [0.25, 0.3) is 0 Å². The van der Waals surface area contributed by atoms with Crippen LogP contribution in [0, 0.1) is 5.41 Å². The third-order valence-corrected chi connectivity index (χ3v) is 6.02. The van der Waals surface area contributed by atoms with Gasteiger partial charge in [-0.05, 0) is 43.7 Å². The lowest BCUT2D eigenvalue weighted by atomic mass is 9.93. The molecule has 3 rings (SSSR count). The standard InChI is InChI=1S/C22H26N2O5S/c1-5-12-24-19-11-8-17(13-20(19)29-15-22(2,3)21(24)25)23-30(26,27)14-16-6-9-18(28-4)10-7-16/h5-11,13,23H,1,12,14-15H2,2-4H3. The second-order valence-corrected chi connectivity index (χ2v) is 9.49. The fourth-order valence-corrected chi connectivity index (χ4v) is 4.37. The number of benzene rings is 2. The van der Waals surface area contributed by atoms with E-state index in [4.69, 9.17) is 9.47 Å². The Morgan fingerprint density at radius 2 is 1.93 bits per heavy atom. The molecule has 1 amide bonds. The summed E-state index contributed by atoms with van der Waals surface area (Å²) < 4.78 is 38.8. The Labute approximate surface area is 177 Å². The normalized spacial score (nSPS) is 15.6. The van der Waals surface area contributed by atoms with Crippen molar-refractivity contribution in [1.82, 2.24) is 0 Å². The molecule has 1 aliphatic rings. The van der Waals surface area contributed by atoms with Crippen LogP contribution < -0.4 is 19.1 Å². The summed E-state index contributed by atoms with van der Waals surface area (Å²) in [4.78, 5) is 14.5. The zero-order valence-corrected chi connectivity index (χ0v) is 18.2. The van der Waals surface area contributed by atoms with Gasteiger partial charge in [-0.25, -0.2) is 8.42 Å². The molecule has 1 heterocycles. The van der Waals surface area contributed by atoms with Crippen LogP contribution in [0.5, 0.6) is 11.5 Å². The number of nitrogens with one attached hydrogen (secondary N) is 1. The molecule has 0 spiro atoms. The van der Waals surface area contributed by atoms with Gasteiger partial charge >= 0.3 is 0 Å². The molecule has 2 aromatic rings. The summed E-state index contributed by atoms with van der Waals surface area (Å²) in [5.74, 6) is 0.853. The van der Waals surface area contributed by atoms with E-state index in [1.54, 1.807) is 60.6 Å². The number of anilines is 2. The first-order chi connectivity index (χ1) is 14.1. The Hall–Kier alpha value is -3.00. The molecule has 0 saturated heterocycles. The van der Waals surface area contributed by atoms with Crippen LogP contribution in [0.1, 0.15) is 19.4 Å². The van der Waals surface area contributed by atoms with Crippen LogP contribution >= 0.6 is 0 Å². The molecule has 0 aliphatic carbocycles. The van der Waals surface area contributed by atoms with Gasteiger partial charge < -0.3 is 14.4 Å². The molecule has 0 unspecified atom stereocenters. The summed E-state index contributed by atoms with van der Waals surface area (Å²) in [6.07, 6.45) is 1.65. The first-order valence-electron chi connectivity index (χ1n) is 9.48. The first kappa shape index (κ1) is 21.7. The summed E-state index contributed by atoms with van der Waals surface area (Å²) in [6.45, 7) is 7.88. The number of rotatable bonds is 7. The summed E-state index contributed by atoms with van der Waals surface area (Å²) in [7, 11) is -2.09. The number of sulfonamides is 1. The number of fused-ring (bicyclic) bond motifs is 1. The predicted molar refractivity (Wildman–Crippen MR) is 118 cm³/mol. The predicted octanol–water partition coefficient (Wildman–Crippen LogP) is 3.57. The zero-order valence-electron chi connectivity index (χ0n) is 17.3. The van der Waals surface area contributed by atoms with Crippen molar-refractivity contribution < 1.29 is 22.7 Å². The molecule has 160 valence electrons. The minimum atomic E-state index is -3.64. The van der Waals surface area contributed by atoms with Crippen LogP contribution in [0.2, 0.25) is 0 Å². The molecule has 0 bridgehead atoms. The van der Waals surface area contributed by atoms with Crippen molar-refractivity contribution in [2.45, 2.75) is 19.6 Å². The Kier molecular flexibility index (Phi) is 6.07. The SMILES string of the molecule is C=CCN1C(=O)C(C)(C)COc2cc(NS(=O)(=O)Cc3ccc(OC)cc3)ccc21. The molecule has 30 heavy (non-hydrogen) atoms. The molecule has 2 aromatic carbocycles. The molecule has 1 aliphatic heterocycles. The van der Waals surface area contributed by atoms with Gasteiger partial charge in [0.05, 0.1) is 29.7 Å². The summed E-state index contributed by atoms with van der Waals surface area (Å²) in [5, 5.41) is 0. The van der Waals surface area contributed by atoms with Gasteiger partial charge in [-0.3, -0.25) is 9.52 Å². The number of hydrogen-bond acceptors (Lipinski definition) is 5. The average Bonchev–Trinajstić information content (AvgIpc) is 2.78. The Morgan fingerprint density at radius 3 is 2.57 bits per heavy atom. The van der Waals surface area contributed by atoms with Gasteiger partial charge in [-0.1, -0.05) is 18.2 Å². The Bertz CT molecular complexity index is 1050. The maximum atomic E-state index is 12.9. The van der Waals surface area contributed by atoms with Crippen molar-refractivity contribution in [3.63, 3.8) is 0 Å². The van der Waals surface area contributed by atoms with Crippen LogP contribution in [0.15, 0.2) is 55.1 Å². The van der Waals surface area contributed by atoms with E-state index in [-0.39, 0.29) is 18.3 Å². The van der Waals surface area contributed by atoms with E-state index < -0.39 is 15.4 Å². The lowest BCUT2D eigenvalue weighted by Gasteiger charge is -2.27. The van der Waals surface area contributed by atoms with Crippen molar-refractivity contribution in [1.29, 1.82) is 0 Å². The van der Waals surface area contributed by atoms with Crippen LogP contribution in [-0.4, -0.2) is 34.6 Å².